The summed E-state index contributed by atoms with van der Waals surface area (Å²) in [6.45, 7) is 9.99. The number of ether oxygens (including phenoxy) is 1. The number of rotatable bonds is 5. The lowest BCUT2D eigenvalue weighted by molar-refractivity contribution is -0.117. The van der Waals surface area contributed by atoms with E-state index in [1.807, 2.05) is 45.0 Å². The first-order chi connectivity index (χ1) is 10.8. The van der Waals surface area contributed by atoms with Gasteiger partial charge in [-0.05, 0) is 56.8 Å². The van der Waals surface area contributed by atoms with E-state index >= 15 is 0 Å². The first-order valence-corrected chi connectivity index (χ1v) is 7.61. The third-order valence-corrected chi connectivity index (χ3v) is 2.67. The van der Waals surface area contributed by atoms with Gasteiger partial charge in [0.25, 0.3) is 5.91 Å². The summed E-state index contributed by atoms with van der Waals surface area (Å²) in [4.78, 5) is 11.7. The Bertz CT molecular complexity index is 574. The van der Waals surface area contributed by atoms with Crippen LogP contribution in [0, 0.1) is 0 Å². The molecule has 6 heteroatoms. The van der Waals surface area contributed by atoms with E-state index in [-0.39, 0.29) is 11.4 Å². The molecule has 0 saturated carbocycles. The van der Waals surface area contributed by atoms with Crippen molar-refractivity contribution in [3.05, 3.63) is 48.6 Å². The highest BCUT2D eigenvalue weighted by Crippen LogP contribution is 2.13. The van der Waals surface area contributed by atoms with Gasteiger partial charge in [0.2, 0.25) is 0 Å². The summed E-state index contributed by atoms with van der Waals surface area (Å²) in [6.07, 6.45) is 4.81. The molecule has 3 N–H and O–H groups in total. The third kappa shape index (κ3) is 8.63. The van der Waals surface area contributed by atoms with Gasteiger partial charge in [-0.2, -0.15) is 0 Å². The van der Waals surface area contributed by atoms with Crippen molar-refractivity contribution in [1.82, 2.24) is 16.2 Å². The summed E-state index contributed by atoms with van der Waals surface area (Å²) >= 11 is 5.07. The molecule has 1 amide bonds. The smallest absolute Gasteiger partial charge is 0.262 e. The molecule has 0 fully saturated rings. The van der Waals surface area contributed by atoms with Crippen LogP contribution in [0.3, 0.4) is 0 Å². The topological polar surface area (TPSA) is 62.4 Å². The molecule has 1 aromatic carbocycles. The summed E-state index contributed by atoms with van der Waals surface area (Å²) in [5.41, 5.74) is 5.87. The van der Waals surface area contributed by atoms with Gasteiger partial charge in [-0.3, -0.25) is 15.6 Å². The second-order valence-electron chi connectivity index (χ2n) is 5.82. The Hall–Kier alpha value is -2.34. The van der Waals surface area contributed by atoms with Crippen LogP contribution >= 0.6 is 12.2 Å². The zero-order valence-corrected chi connectivity index (χ0v) is 14.5. The number of thiocarbonyl (C=S) groups is 1. The fraction of sp³-hybridized carbons (Fsp3) is 0.294. The van der Waals surface area contributed by atoms with Crippen molar-refractivity contribution in [2.45, 2.75) is 26.3 Å². The van der Waals surface area contributed by atoms with Crippen LogP contribution in [0.25, 0.3) is 6.08 Å². The molecule has 1 rings (SSSR count). The number of nitrogens with one attached hydrogen (secondary N) is 3. The Labute approximate surface area is 142 Å². The molecule has 0 radical (unpaired) electrons. The number of carbonyl (C=O) groups is 1. The van der Waals surface area contributed by atoms with Gasteiger partial charge in [0.1, 0.15) is 12.4 Å². The average Bonchev–Trinajstić information content (AvgIpc) is 2.48. The van der Waals surface area contributed by atoms with Crippen LogP contribution in [0.2, 0.25) is 0 Å². The molecule has 23 heavy (non-hydrogen) atoms. The van der Waals surface area contributed by atoms with Crippen molar-refractivity contribution < 1.29 is 9.53 Å². The molecule has 0 aliphatic carbocycles. The van der Waals surface area contributed by atoms with Gasteiger partial charge in [-0.1, -0.05) is 24.8 Å². The first kappa shape index (κ1) is 18.7. The molecule has 0 aromatic heterocycles. The summed E-state index contributed by atoms with van der Waals surface area (Å²) in [7, 11) is 0. The Morgan fingerprint density at radius 3 is 2.48 bits per heavy atom. The molecule has 0 aliphatic heterocycles. The van der Waals surface area contributed by atoms with Crippen LogP contribution in [-0.2, 0) is 4.79 Å². The number of hydrazine groups is 1. The van der Waals surface area contributed by atoms with Gasteiger partial charge in [-0.15, -0.1) is 0 Å². The molecule has 5 nitrogen and oxygen atoms in total. The lowest BCUT2D eigenvalue weighted by Gasteiger charge is -2.22. The SMILES string of the molecule is C=CCOc1ccc(/C=C/C(=O)NNC(=S)NC(C)(C)C)cc1. The molecule has 124 valence electrons. The maximum Gasteiger partial charge on any atom is 0.262 e. The van der Waals surface area contributed by atoms with E-state index in [0.717, 1.165) is 11.3 Å². The molecule has 0 spiro atoms. The second kappa shape index (κ2) is 8.95. The van der Waals surface area contributed by atoms with Crippen LogP contribution < -0.4 is 20.9 Å². The van der Waals surface area contributed by atoms with E-state index in [4.69, 9.17) is 17.0 Å². The summed E-state index contributed by atoms with van der Waals surface area (Å²) in [5, 5.41) is 3.40. The number of carbonyl (C=O) groups excluding carboxylic acids is 1. The maximum atomic E-state index is 11.7. The van der Waals surface area contributed by atoms with Crippen molar-refractivity contribution in [3.8, 4) is 5.75 Å². The average molecular weight is 333 g/mol. The Kier molecular flexibility index (Phi) is 7.28. The molecule has 0 bridgehead atoms. The molecular weight excluding hydrogens is 310 g/mol. The molecule has 0 atom stereocenters. The normalized spacial score (nSPS) is 10.9. The van der Waals surface area contributed by atoms with Crippen molar-refractivity contribution in [2.24, 2.45) is 0 Å². The van der Waals surface area contributed by atoms with Gasteiger partial charge >= 0.3 is 0 Å². The number of hydrogen-bond acceptors (Lipinski definition) is 3. The van der Waals surface area contributed by atoms with E-state index < -0.39 is 0 Å². The van der Waals surface area contributed by atoms with Gasteiger partial charge in [0, 0.05) is 11.6 Å². The van der Waals surface area contributed by atoms with Crippen molar-refractivity contribution in [3.63, 3.8) is 0 Å². The zero-order valence-electron chi connectivity index (χ0n) is 13.7. The van der Waals surface area contributed by atoms with E-state index in [9.17, 15) is 4.79 Å². The van der Waals surface area contributed by atoms with Gasteiger partial charge in [-0.25, -0.2) is 0 Å². The first-order valence-electron chi connectivity index (χ1n) is 7.20. The lowest BCUT2D eigenvalue weighted by Crippen LogP contribution is -2.51. The van der Waals surface area contributed by atoms with Crippen molar-refractivity contribution in [1.29, 1.82) is 0 Å². The van der Waals surface area contributed by atoms with Crippen LogP contribution in [0.15, 0.2) is 43.0 Å². The summed E-state index contributed by atoms with van der Waals surface area (Å²) < 4.78 is 5.39. The fourth-order valence-corrected chi connectivity index (χ4v) is 1.89. The molecular formula is C17H23N3O2S. The highest BCUT2D eigenvalue weighted by Gasteiger charge is 2.10. The van der Waals surface area contributed by atoms with Gasteiger partial charge in [0.05, 0.1) is 0 Å². The van der Waals surface area contributed by atoms with E-state index in [2.05, 4.69) is 22.7 Å². The quantitative estimate of drug-likeness (QED) is 0.335. The minimum atomic E-state index is -0.296. The molecule has 0 aliphatic rings. The zero-order chi connectivity index (χ0) is 17.3. The third-order valence-electron chi connectivity index (χ3n) is 2.46. The van der Waals surface area contributed by atoms with Crippen LogP contribution in [-0.4, -0.2) is 23.2 Å². The Balaban J connectivity index is 2.43. The Morgan fingerprint density at radius 1 is 1.26 bits per heavy atom. The van der Waals surface area contributed by atoms with Crippen molar-refractivity contribution in [2.75, 3.05) is 6.61 Å². The monoisotopic (exact) mass is 333 g/mol. The van der Waals surface area contributed by atoms with Crippen LogP contribution in [0.1, 0.15) is 26.3 Å². The summed E-state index contributed by atoms with van der Waals surface area (Å²) in [6, 6.07) is 7.40. The highest BCUT2D eigenvalue weighted by molar-refractivity contribution is 7.80. The van der Waals surface area contributed by atoms with Crippen LogP contribution in [0.5, 0.6) is 5.75 Å². The highest BCUT2D eigenvalue weighted by atomic mass is 32.1. The number of benzene rings is 1. The molecule has 0 unspecified atom stereocenters. The van der Waals surface area contributed by atoms with E-state index in [1.54, 1.807) is 12.2 Å². The largest absolute Gasteiger partial charge is 0.490 e. The number of hydrogen-bond donors (Lipinski definition) is 3. The van der Waals surface area contributed by atoms with Crippen LogP contribution in [0.4, 0.5) is 0 Å². The van der Waals surface area contributed by atoms with E-state index in [0.29, 0.717) is 11.7 Å². The molecule has 1 aromatic rings. The maximum absolute atomic E-state index is 11.7. The van der Waals surface area contributed by atoms with Gasteiger partial charge in [0.15, 0.2) is 5.11 Å². The summed E-state index contributed by atoms with van der Waals surface area (Å²) in [5.74, 6) is 0.460. The Morgan fingerprint density at radius 2 is 1.91 bits per heavy atom. The molecule has 0 heterocycles. The minimum absolute atomic E-state index is 0.167. The molecule has 0 saturated heterocycles. The standard InChI is InChI=1S/C17H23N3O2S/c1-5-12-22-14-9-6-13(7-10-14)8-11-15(21)19-20-16(23)18-17(2,3)4/h5-11H,1,12H2,2-4H3,(H,19,21)(H2,18,20,23)/b11-8+. The number of amides is 1. The van der Waals surface area contributed by atoms with Gasteiger partial charge < -0.3 is 10.1 Å². The minimum Gasteiger partial charge on any atom is -0.490 e. The van der Waals surface area contributed by atoms with Crippen molar-refractivity contribution >= 4 is 29.3 Å². The predicted molar refractivity (Wildman–Crippen MR) is 97.9 cm³/mol. The fourth-order valence-electron chi connectivity index (χ4n) is 1.53. The predicted octanol–water partition coefficient (Wildman–Crippen LogP) is 2.56. The second-order valence-corrected chi connectivity index (χ2v) is 6.23. The van der Waals surface area contributed by atoms with E-state index in [1.165, 1.54) is 6.08 Å². The lowest BCUT2D eigenvalue weighted by atomic mass is 10.1.